The van der Waals surface area contributed by atoms with Crippen LogP contribution in [0.1, 0.15) is 40.2 Å². The van der Waals surface area contributed by atoms with Gasteiger partial charge in [0.1, 0.15) is 0 Å². The number of hydrogen-bond donors (Lipinski definition) is 0. The summed E-state index contributed by atoms with van der Waals surface area (Å²) in [5, 5.41) is 8.36. The number of carbonyl (C=O) groups is 2. The predicted octanol–water partition coefficient (Wildman–Crippen LogP) is 3.19. The topological polar surface area (TPSA) is 71.3 Å². The van der Waals surface area contributed by atoms with Gasteiger partial charge in [-0.25, -0.2) is 4.68 Å². The fourth-order valence-electron chi connectivity index (χ4n) is 4.09. The van der Waals surface area contributed by atoms with Crippen molar-refractivity contribution in [2.24, 2.45) is 0 Å². The van der Waals surface area contributed by atoms with Crippen LogP contribution in [0.25, 0.3) is 5.69 Å². The standard InChI is InChI=1S/C25H29N5O2/c1-19-8-6-12-22(18-19)30-20(2)24(26-27-30)25(32)29-16-14-28(15-17-29)23(31)13-7-11-21-9-4-3-5-10-21/h3-6,8-10,12,18H,7,11,13-17H2,1-2H3. The Kier molecular flexibility index (Phi) is 6.63. The van der Waals surface area contributed by atoms with Crippen molar-refractivity contribution in [2.45, 2.75) is 33.1 Å². The third-order valence-corrected chi connectivity index (χ3v) is 5.96. The van der Waals surface area contributed by atoms with E-state index in [1.165, 1.54) is 5.56 Å². The van der Waals surface area contributed by atoms with Crippen molar-refractivity contribution in [2.75, 3.05) is 26.2 Å². The monoisotopic (exact) mass is 431 g/mol. The van der Waals surface area contributed by atoms with Gasteiger partial charge in [-0.2, -0.15) is 0 Å². The van der Waals surface area contributed by atoms with Crippen molar-refractivity contribution in [1.82, 2.24) is 24.8 Å². The van der Waals surface area contributed by atoms with Gasteiger partial charge in [-0.3, -0.25) is 9.59 Å². The van der Waals surface area contributed by atoms with E-state index in [1.54, 1.807) is 9.58 Å². The molecule has 1 aliphatic heterocycles. The number of rotatable bonds is 6. The normalized spacial score (nSPS) is 13.9. The molecule has 0 radical (unpaired) electrons. The van der Waals surface area contributed by atoms with Gasteiger partial charge in [0.25, 0.3) is 5.91 Å². The molecule has 0 atom stereocenters. The summed E-state index contributed by atoms with van der Waals surface area (Å²) < 4.78 is 1.70. The first-order valence-corrected chi connectivity index (χ1v) is 11.1. The van der Waals surface area contributed by atoms with Crippen molar-refractivity contribution in [3.8, 4) is 5.69 Å². The highest BCUT2D eigenvalue weighted by molar-refractivity contribution is 5.93. The third kappa shape index (κ3) is 4.88. The number of aromatic nitrogens is 3. The van der Waals surface area contributed by atoms with Gasteiger partial charge in [0.2, 0.25) is 5.91 Å². The smallest absolute Gasteiger partial charge is 0.276 e. The molecule has 0 saturated carbocycles. The minimum atomic E-state index is -0.127. The van der Waals surface area contributed by atoms with Crippen LogP contribution in [0.2, 0.25) is 0 Å². The van der Waals surface area contributed by atoms with Crippen LogP contribution in [0.5, 0.6) is 0 Å². The van der Waals surface area contributed by atoms with E-state index in [9.17, 15) is 9.59 Å². The number of amides is 2. The van der Waals surface area contributed by atoms with E-state index in [2.05, 4.69) is 22.4 Å². The molecule has 2 aromatic carbocycles. The summed E-state index contributed by atoms with van der Waals surface area (Å²) in [7, 11) is 0. The Morgan fingerprint density at radius 3 is 2.34 bits per heavy atom. The first-order chi connectivity index (χ1) is 15.5. The number of nitrogens with zero attached hydrogens (tertiary/aromatic N) is 5. The Balaban J connectivity index is 1.30. The van der Waals surface area contributed by atoms with Crippen LogP contribution in [-0.2, 0) is 11.2 Å². The maximum atomic E-state index is 13.0. The van der Waals surface area contributed by atoms with Gasteiger partial charge in [-0.15, -0.1) is 5.10 Å². The van der Waals surface area contributed by atoms with Gasteiger partial charge in [0.05, 0.1) is 11.4 Å². The second-order valence-electron chi connectivity index (χ2n) is 8.29. The molecule has 4 rings (SSSR count). The summed E-state index contributed by atoms with van der Waals surface area (Å²) >= 11 is 0. The van der Waals surface area contributed by atoms with Crippen molar-refractivity contribution in [3.63, 3.8) is 0 Å². The van der Waals surface area contributed by atoms with Crippen LogP contribution in [0.15, 0.2) is 54.6 Å². The van der Waals surface area contributed by atoms with Gasteiger partial charge in [-0.1, -0.05) is 47.7 Å². The van der Waals surface area contributed by atoms with E-state index >= 15 is 0 Å². The highest BCUT2D eigenvalue weighted by Crippen LogP contribution is 2.16. The number of carbonyl (C=O) groups excluding carboxylic acids is 2. The molecule has 0 unspecified atom stereocenters. The Morgan fingerprint density at radius 1 is 0.906 bits per heavy atom. The zero-order chi connectivity index (χ0) is 22.5. The molecule has 0 spiro atoms. The third-order valence-electron chi connectivity index (χ3n) is 5.96. The summed E-state index contributed by atoms with van der Waals surface area (Å²) in [5.74, 6) is 0.0344. The quantitative estimate of drug-likeness (QED) is 0.601. The fraction of sp³-hybridized carbons (Fsp3) is 0.360. The lowest BCUT2D eigenvalue weighted by Gasteiger charge is -2.34. The van der Waals surface area contributed by atoms with E-state index in [0.717, 1.165) is 29.8 Å². The maximum Gasteiger partial charge on any atom is 0.276 e. The average molecular weight is 432 g/mol. The van der Waals surface area contributed by atoms with Gasteiger partial charge < -0.3 is 9.80 Å². The van der Waals surface area contributed by atoms with E-state index in [4.69, 9.17) is 0 Å². The second-order valence-corrected chi connectivity index (χ2v) is 8.29. The Bertz CT molecular complexity index is 1080. The van der Waals surface area contributed by atoms with E-state index in [1.807, 2.05) is 61.2 Å². The zero-order valence-corrected chi connectivity index (χ0v) is 18.7. The highest BCUT2D eigenvalue weighted by Gasteiger charge is 2.28. The molecule has 2 heterocycles. The molecule has 1 aromatic heterocycles. The SMILES string of the molecule is Cc1cccc(-n2nnc(C(=O)N3CCN(C(=O)CCCc4ccccc4)CC3)c2C)c1. The van der Waals surface area contributed by atoms with E-state index in [0.29, 0.717) is 38.3 Å². The number of benzene rings is 2. The lowest BCUT2D eigenvalue weighted by Crippen LogP contribution is -2.50. The molecule has 1 fully saturated rings. The summed E-state index contributed by atoms with van der Waals surface area (Å²) in [6.45, 7) is 6.02. The lowest BCUT2D eigenvalue weighted by atomic mass is 10.1. The van der Waals surface area contributed by atoms with Gasteiger partial charge in [-0.05, 0) is 49.9 Å². The van der Waals surface area contributed by atoms with Crippen LogP contribution in [0.3, 0.4) is 0 Å². The van der Waals surface area contributed by atoms with E-state index < -0.39 is 0 Å². The Morgan fingerprint density at radius 2 is 1.62 bits per heavy atom. The van der Waals surface area contributed by atoms with E-state index in [-0.39, 0.29) is 11.8 Å². The second kappa shape index (κ2) is 9.77. The number of aryl methyl sites for hydroxylation is 2. The summed E-state index contributed by atoms with van der Waals surface area (Å²) in [5.41, 5.74) is 4.36. The fourth-order valence-corrected chi connectivity index (χ4v) is 4.09. The van der Waals surface area contributed by atoms with Crippen LogP contribution in [0, 0.1) is 13.8 Å². The molecule has 166 valence electrons. The predicted molar refractivity (Wildman–Crippen MR) is 123 cm³/mol. The molecular formula is C25H29N5O2. The van der Waals surface area contributed by atoms with Crippen molar-refractivity contribution in [3.05, 3.63) is 77.1 Å². The van der Waals surface area contributed by atoms with Crippen LogP contribution >= 0.6 is 0 Å². The minimum Gasteiger partial charge on any atom is -0.339 e. The number of piperazine rings is 1. The first-order valence-electron chi connectivity index (χ1n) is 11.1. The molecule has 7 nitrogen and oxygen atoms in total. The van der Waals surface area contributed by atoms with Crippen LogP contribution < -0.4 is 0 Å². The maximum absolute atomic E-state index is 13.0. The molecule has 1 saturated heterocycles. The summed E-state index contributed by atoms with van der Waals surface area (Å²) in [6.07, 6.45) is 2.27. The molecule has 3 aromatic rings. The highest BCUT2D eigenvalue weighted by atomic mass is 16.2. The summed E-state index contributed by atoms with van der Waals surface area (Å²) in [4.78, 5) is 29.3. The van der Waals surface area contributed by atoms with Crippen LogP contribution in [0.4, 0.5) is 0 Å². The summed E-state index contributed by atoms with van der Waals surface area (Å²) in [6, 6.07) is 18.2. The number of hydrogen-bond acceptors (Lipinski definition) is 4. The van der Waals surface area contributed by atoms with Gasteiger partial charge >= 0.3 is 0 Å². The minimum absolute atomic E-state index is 0.127. The first kappa shape index (κ1) is 21.7. The van der Waals surface area contributed by atoms with Gasteiger partial charge in [0.15, 0.2) is 5.69 Å². The van der Waals surface area contributed by atoms with Gasteiger partial charge in [0, 0.05) is 32.6 Å². The molecule has 7 heteroatoms. The average Bonchev–Trinajstić information content (AvgIpc) is 3.20. The molecule has 0 aliphatic carbocycles. The molecule has 32 heavy (non-hydrogen) atoms. The van der Waals surface area contributed by atoms with Crippen molar-refractivity contribution in [1.29, 1.82) is 0 Å². The van der Waals surface area contributed by atoms with Crippen molar-refractivity contribution >= 4 is 11.8 Å². The molecule has 0 N–H and O–H groups in total. The largest absolute Gasteiger partial charge is 0.339 e. The molecule has 2 amide bonds. The lowest BCUT2D eigenvalue weighted by molar-refractivity contribution is -0.132. The van der Waals surface area contributed by atoms with Crippen LogP contribution in [-0.4, -0.2) is 62.8 Å². The molecule has 1 aliphatic rings. The molecular weight excluding hydrogens is 402 g/mol. The van der Waals surface area contributed by atoms with Crippen molar-refractivity contribution < 1.29 is 9.59 Å². The Labute approximate surface area is 188 Å². The Hall–Kier alpha value is -3.48. The molecule has 0 bridgehead atoms. The zero-order valence-electron chi connectivity index (χ0n) is 18.7.